The highest BCUT2D eigenvalue weighted by molar-refractivity contribution is 5.65. The van der Waals surface area contributed by atoms with Crippen LogP contribution in [0.4, 0.5) is 11.4 Å². The molecule has 1 heterocycles. The minimum atomic E-state index is -0.491. The molecule has 1 saturated heterocycles. The van der Waals surface area contributed by atoms with Gasteiger partial charge in [0.2, 0.25) is 0 Å². The Kier molecular flexibility index (Phi) is 4.21. The van der Waals surface area contributed by atoms with Crippen LogP contribution in [0, 0.1) is 10.1 Å². The van der Waals surface area contributed by atoms with E-state index in [-0.39, 0.29) is 17.1 Å². The zero-order valence-corrected chi connectivity index (χ0v) is 11.0. The lowest BCUT2D eigenvalue weighted by Crippen LogP contribution is -2.40. The number of nitro benzene ring substituents is 1. The van der Waals surface area contributed by atoms with E-state index in [1.807, 2.05) is 0 Å². The van der Waals surface area contributed by atoms with Crippen molar-refractivity contribution < 1.29 is 9.66 Å². The second-order valence-corrected chi connectivity index (χ2v) is 4.89. The Morgan fingerprint density at radius 1 is 1.53 bits per heavy atom. The number of nitrogens with zero attached hydrogens (tertiary/aromatic N) is 2. The summed E-state index contributed by atoms with van der Waals surface area (Å²) in [4.78, 5) is 12.7. The molecule has 2 N–H and O–H groups in total. The molecular weight excluding hydrogens is 246 g/mol. The highest BCUT2D eigenvalue weighted by Crippen LogP contribution is 2.33. The summed E-state index contributed by atoms with van der Waals surface area (Å²) in [7, 11) is 2.06. The predicted octanol–water partition coefficient (Wildman–Crippen LogP) is 2.04. The fourth-order valence-electron chi connectivity index (χ4n) is 2.39. The summed E-state index contributed by atoms with van der Waals surface area (Å²) < 4.78 is 5.63. The molecule has 6 nitrogen and oxygen atoms in total. The van der Waals surface area contributed by atoms with Crippen molar-refractivity contribution in [3.8, 4) is 5.75 Å². The summed E-state index contributed by atoms with van der Waals surface area (Å²) in [6.07, 6.45) is 3.44. The number of rotatable bonds is 4. The van der Waals surface area contributed by atoms with E-state index < -0.39 is 4.92 Å². The van der Waals surface area contributed by atoms with Crippen LogP contribution in [0.25, 0.3) is 0 Å². The average molecular weight is 265 g/mol. The van der Waals surface area contributed by atoms with Crippen molar-refractivity contribution in [2.75, 3.05) is 25.9 Å². The van der Waals surface area contributed by atoms with Crippen molar-refractivity contribution in [3.05, 3.63) is 28.3 Å². The molecule has 2 rings (SSSR count). The maximum Gasteiger partial charge on any atom is 0.333 e. The Balaban J connectivity index is 2.07. The summed E-state index contributed by atoms with van der Waals surface area (Å²) in [6.45, 7) is 1.51. The molecule has 1 atom stereocenters. The largest absolute Gasteiger partial charge is 0.485 e. The van der Waals surface area contributed by atoms with Crippen LogP contribution in [0.15, 0.2) is 18.2 Å². The Bertz CT molecular complexity index is 464. The number of anilines is 1. The molecule has 0 amide bonds. The monoisotopic (exact) mass is 265 g/mol. The van der Waals surface area contributed by atoms with Gasteiger partial charge in [0.25, 0.3) is 0 Å². The van der Waals surface area contributed by atoms with Crippen LogP contribution in [0.3, 0.4) is 0 Å². The molecule has 19 heavy (non-hydrogen) atoms. The first kappa shape index (κ1) is 13.6. The molecule has 1 fully saturated rings. The van der Waals surface area contributed by atoms with E-state index in [4.69, 9.17) is 10.5 Å². The molecule has 1 aliphatic rings. The zero-order valence-electron chi connectivity index (χ0n) is 11.0. The molecule has 6 heteroatoms. The van der Waals surface area contributed by atoms with Crippen LogP contribution < -0.4 is 10.5 Å². The molecule has 0 bridgehead atoms. The van der Waals surface area contributed by atoms with E-state index in [1.165, 1.54) is 18.9 Å². The van der Waals surface area contributed by atoms with E-state index in [9.17, 15) is 10.1 Å². The molecule has 0 saturated carbocycles. The van der Waals surface area contributed by atoms with Crippen molar-refractivity contribution in [3.63, 3.8) is 0 Å². The number of benzene rings is 1. The maximum absolute atomic E-state index is 11.0. The summed E-state index contributed by atoms with van der Waals surface area (Å²) in [5, 5.41) is 11.0. The van der Waals surface area contributed by atoms with Gasteiger partial charge in [0.15, 0.2) is 5.75 Å². The Labute approximate surface area is 112 Å². The molecular formula is C13H19N3O3. The van der Waals surface area contributed by atoms with Gasteiger partial charge in [-0.25, -0.2) is 0 Å². The lowest BCUT2D eigenvalue weighted by Gasteiger charge is -2.32. The third kappa shape index (κ3) is 3.14. The van der Waals surface area contributed by atoms with Gasteiger partial charge in [0.1, 0.15) is 12.3 Å². The summed E-state index contributed by atoms with van der Waals surface area (Å²) in [6, 6.07) is 5.09. The summed E-state index contributed by atoms with van der Waals surface area (Å²) >= 11 is 0. The summed E-state index contributed by atoms with van der Waals surface area (Å²) in [5.74, 6) is 0.254. The van der Waals surface area contributed by atoms with Gasteiger partial charge in [-0.3, -0.25) is 10.1 Å². The third-order valence-corrected chi connectivity index (χ3v) is 3.57. The molecule has 0 aliphatic carbocycles. The van der Waals surface area contributed by atoms with E-state index in [0.717, 1.165) is 13.0 Å². The number of hydrogen-bond acceptors (Lipinski definition) is 5. The predicted molar refractivity (Wildman–Crippen MR) is 73.3 cm³/mol. The van der Waals surface area contributed by atoms with Gasteiger partial charge >= 0.3 is 5.69 Å². The highest BCUT2D eigenvalue weighted by Gasteiger charge is 2.23. The average Bonchev–Trinajstić information content (AvgIpc) is 2.37. The first-order valence-corrected chi connectivity index (χ1v) is 6.45. The first-order chi connectivity index (χ1) is 9.09. The molecule has 1 aromatic carbocycles. The first-order valence-electron chi connectivity index (χ1n) is 6.45. The van der Waals surface area contributed by atoms with Gasteiger partial charge in [-0.2, -0.15) is 0 Å². The van der Waals surface area contributed by atoms with E-state index in [1.54, 1.807) is 12.1 Å². The SMILES string of the molecule is CN1CCCCC1COc1cccc(N)c1[N+](=O)[O-]. The fraction of sp³-hybridized carbons (Fsp3) is 0.538. The number of ether oxygens (including phenoxy) is 1. The van der Waals surface area contributed by atoms with Crippen molar-refractivity contribution in [2.24, 2.45) is 0 Å². The van der Waals surface area contributed by atoms with E-state index in [0.29, 0.717) is 12.6 Å². The summed E-state index contributed by atoms with van der Waals surface area (Å²) in [5.41, 5.74) is 5.63. The molecule has 0 radical (unpaired) electrons. The minimum absolute atomic E-state index is 0.138. The Hall–Kier alpha value is -1.82. The van der Waals surface area contributed by atoms with Crippen molar-refractivity contribution >= 4 is 11.4 Å². The number of nitro groups is 1. The second-order valence-electron chi connectivity index (χ2n) is 4.89. The van der Waals surface area contributed by atoms with Crippen LogP contribution in [0.2, 0.25) is 0 Å². The smallest absolute Gasteiger partial charge is 0.333 e. The topological polar surface area (TPSA) is 81.6 Å². The number of piperidine rings is 1. The minimum Gasteiger partial charge on any atom is -0.485 e. The molecule has 0 spiro atoms. The van der Waals surface area contributed by atoms with Crippen molar-refractivity contribution in [1.29, 1.82) is 0 Å². The zero-order chi connectivity index (χ0) is 13.8. The van der Waals surface area contributed by atoms with Gasteiger partial charge in [-0.05, 0) is 38.6 Å². The Morgan fingerprint density at radius 2 is 2.32 bits per heavy atom. The molecule has 1 aromatic rings. The van der Waals surface area contributed by atoms with Gasteiger partial charge in [-0.1, -0.05) is 12.5 Å². The second kappa shape index (κ2) is 5.88. The van der Waals surface area contributed by atoms with Gasteiger partial charge in [0.05, 0.1) is 4.92 Å². The number of para-hydroxylation sites is 1. The van der Waals surface area contributed by atoms with Gasteiger partial charge in [0, 0.05) is 6.04 Å². The standard InChI is InChI=1S/C13H19N3O3/c1-15-8-3-2-5-10(15)9-19-12-7-4-6-11(14)13(12)16(17)18/h4,6-7,10H,2-3,5,8-9,14H2,1H3. The van der Waals surface area contributed by atoms with E-state index in [2.05, 4.69) is 11.9 Å². The normalized spacial score (nSPS) is 20.2. The van der Waals surface area contributed by atoms with Crippen molar-refractivity contribution in [2.45, 2.75) is 25.3 Å². The number of nitrogen functional groups attached to an aromatic ring is 1. The van der Waals surface area contributed by atoms with Crippen LogP contribution in [-0.2, 0) is 0 Å². The molecule has 1 aliphatic heterocycles. The van der Waals surface area contributed by atoms with E-state index >= 15 is 0 Å². The van der Waals surface area contributed by atoms with Gasteiger partial charge < -0.3 is 15.4 Å². The van der Waals surface area contributed by atoms with Crippen molar-refractivity contribution in [1.82, 2.24) is 4.90 Å². The van der Waals surface area contributed by atoms with Crippen LogP contribution in [0.1, 0.15) is 19.3 Å². The van der Waals surface area contributed by atoms with Gasteiger partial charge in [-0.15, -0.1) is 0 Å². The highest BCUT2D eigenvalue weighted by atomic mass is 16.6. The quantitative estimate of drug-likeness (QED) is 0.512. The lowest BCUT2D eigenvalue weighted by molar-refractivity contribution is -0.384. The van der Waals surface area contributed by atoms with Crippen LogP contribution in [0.5, 0.6) is 5.75 Å². The van der Waals surface area contributed by atoms with Crippen LogP contribution >= 0.6 is 0 Å². The van der Waals surface area contributed by atoms with Crippen LogP contribution in [-0.4, -0.2) is 36.1 Å². The number of likely N-dealkylation sites (tertiary alicyclic amines) is 1. The number of nitrogens with two attached hydrogens (primary N) is 1. The fourth-order valence-corrected chi connectivity index (χ4v) is 2.39. The molecule has 0 aromatic heterocycles. The molecule has 1 unspecified atom stereocenters. The Morgan fingerprint density at radius 3 is 3.00 bits per heavy atom. The third-order valence-electron chi connectivity index (χ3n) is 3.57. The molecule has 104 valence electrons. The lowest BCUT2D eigenvalue weighted by atomic mass is 10.0. The number of likely N-dealkylation sites (N-methyl/N-ethyl adjacent to an activating group) is 1. The maximum atomic E-state index is 11.0. The number of hydrogen-bond donors (Lipinski definition) is 1.